The summed E-state index contributed by atoms with van der Waals surface area (Å²) in [7, 11) is 0. The van der Waals surface area contributed by atoms with E-state index < -0.39 is 72.9 Å². The Morgan fingerprint density at radius 2 is 1.20 bits per heavy atom. The molecule has 0 aromatic rings. The van der Waals surface area contributed by atoms with Crippen LogP contribution in [0.15, 0.2) is 60.3 Å². The summed E-state index contributed by atoms with van der Waals surface area (Å²) in [5, 5.41) is 94.8. The smallest absolute Gasteiger partial charge is 0.314 e. The summed E-state index contributed by atoms with van der Waals surface area (Å²) in [5.41, 5.74) is 0.609. The molecule has 0 aliphatic carbocycles. The number of allylic oxidation sites excluding steroid dienone is 8. The molecule has 1 rings (SSSR count). The number of carbonyl (C=O) groups excluding carboxylic acids is 1. The predicted octanol–water partition coefficient (Wildman–Crippen LogP) is 1.89. The van der Waals surface area contributed by atoms with Crippen molar-refractivity contribution in [2.45, 2.75) is 146 Å². The highest BCUT2D eigenvalue weighted by Gasteiger charge is 2.37. The number of rotatable bonds is 5. The van der Waals surface area contributed by atoms with Gasteiger partial charge in [-0.15, -0.1) is 0 Å². The molecule has 0 aromatic heterocycles. The molecule has 264 valence electrons. The van der Waals surface area contributed by atoms with Crippen molar-refractivity contribution in [3.8, 4) is 0 Å². The van der Waals surface area contributed by atoms with Crippen molar-refractivity contribution in [2.24, 2.45) is 5.92 Å². The molecule has 11 atom stereocenters. The second-order valence-electron chi connectivity index (χ2n) is 12.4. The maximum atomic E-state index is 13.1. The molecule has 0 amide bonds. The van der Waals surface area contributed by atoms with E-state index in [1.165, 1.54) is 13.0 Å². The molecule has 1 aliphatic heterocycles. The van der Waals surface area contributed by atoms with E-state index in [-0.39, 0.29) is 44.9 Å². The fraction of sp³-hybridized carbons (Fsp3) is 0.686. The molecule has 11 nitrogen and oxygen atoms in total. The number of hydrogen-bond acceptors (Lipinski definition) is 11. The van der Waals surface area contributed by atoms with Gasteiger partial charge in [0.15, 0.2) is 0 Å². The fourth-order valence-electron chi connectivity index (χ4n) is 5.27. The van der Waals surface area contributed by atoms with Gasteiger partial charge in [0.2, 0.25) is 0 Å². The van der Waals surface area contributed by atoms with Crippen LogP contribution >= 0.6 is 0 Å². The van der Waals surface area contributed by atoms with Crippen molar-refractivity contribution in [3.63, 3.8) is 0 Å². The first-order chi connectivity index (χ1) is 21.7. The number of hydrogen-bond donors (Lipinski definition) is 9. The molecule has 11 heteroatoms. The van der Waals surface area contributed by atoms with Gasteiger partial charge in [0.25, 0.3) is 0 Å². The van der Waals surface area contributed by atoms with E-state index in [2.05, 4.69) is 0 Å². The van der Waals surface area contributed by atoms with Crippen molar-refractivity contribution in [1.29, 1.82) is 0 Å². The molecule has 9 N–H and O–H groups in total. The monoisotopic (exact) mass is 654 g/mol. The lowest BCUT2D eigenvalue weighted by atomic mass is 9.87. The first-order valence-electron chi connectivity index (χ1n) is 16.4. The van der Waals surface area contributed by atoms with Crippen LogP contribution in [0.5, 0.6) is 0 Å². The summed E-state index contributed by atoms with van der Waals surface area (Å²) in [6, 6.07) is 0. The number of unbranched alkanes of at least 4 members (excludes halogenated alkanes) is 2. The average Bonchev–Trinajstić information content (AvgIpc) is 2.94. The van der Waals surface area contributed by atoms with Crippen LogP contribution in [0.1, 0.15) is 85.0 Å². The van der Waals surface area contributed by atoms with Crippen LogP contribution in [-0.2, 0) is 9.53 Å². The highest BCUT2D eigenvalue weighted by Crippen LogP contribution is 2.24. The maximum absolute atomic E-state index is 13.1. The number of esters is 1. The number of carbonyl (C=O) groups is 1. The topological polar surface area (TPSA) is 208 Å². The van der Waals surface area contributed by atoms with Crippen LogP contribution in [0.3, 0.4) is 0 Å². The van der Waals surface area contributed by atoms with Gasteiger partial charge in [-0.2, -0.15) is 0 Å². The van der Waals surface area contributed by atoms with Crippen molar-refractivity contribution < 1.29 is 55.5 Å². The number of aliphatic hydroxyl groups is 9. The fourth-order valence-corrected chi connectivity index (χ4v) is 5.27. The lowest BCUT2D eigenvalue weighted by Gasteiger charge is -2.29. The second kappa shape index (κ2) is 23.2. The molecule has 46 heavy (non-hydrogen) atoms. The van der Waals surface area contributed by atoms with Gasteiger partial charge in [0.05, 0.1) is 48.8 Å². The zero-order valence-electron chi connectivity index (χ0n) is 27.5. The molecule has 0 saturated carbocycles. The summed E-state index contributed by atoms with van der Waals surface area (Å²) in [6.45, 7) is 5.18. The molecule has 0 spiro atoms. The van der Waals surface area contributed by atoms with Crippen LogP contribution < -0.4 is 0 Å². The number of aliphatic hydroxyl groups excluding tert-OH is 9. The summed E-state index contributed by atoms with van der Waals surface area (Å²) >= 11 is 0. The average molecular weight is 655 g/mol. The SMILES string of the molecule is CCCCC[C@H](O)[C@H]1C(=O)O[C@H](C)[C@@H](O)/C=C/C=C/C=C/C=C/C=C(\C)[C@@H](O)C[C@@H](O)C[C@H](O)C[C@H](O)C[C@H](O)C[C@@H](O)C[C@@H]1O. The Balaban J connectivity index is 3.14. The Kier molecular flexibility index (Phi) is 21.1. The third-order valence-corrected chi connectivity index (χ3v) is 8.03. The van der Waals surface area contributed by atoms with Gasteiger partial charge in [-0.05, 0) is 51.5 Å². The van der Waals surface area contributed by atoms with E-state index in [9.17, 15) is 50.8 Å². The van der Waals surface area contributed by atoms with Crippen molar-refractivity contribution >= 4 is 5.97 Å². The van der Waals surface area contributed by atoms with Crippen molar-refractivity contribution in [2.75, 3.05) is 0 Å². The Labute approximate surface area is 273 Å². The van der Waals surface area contributed by atoms with Gasteiger partial charge >= 0.3 is 5.97 Å². The third-order valence-electron chi connectivity index (χ3n) is 8.03. The molecule has 0 aromatic carbocycles. The van der Waals surface area contributed by atoms with E-state index in [1.807, 2.05) is 6.92 Å². The normalized spacial score (nSPS) is 38.6. The predicted molar refractivity (Wildman–Crippen MR) is 175 cm³/mol. The first kappa shape index (κ1) is 41.8. The van der Waals surface area contributed by atoms with Gasteiger partial charge < -0.3 is 50.7 Å². The van der Waals surface area contributed by atoms with Gasteiger partial charge in [-0.3, -0.25) is 4.79 Å². The highest BCUT2D eigenvalue weighted by molar-refractivity contribution is 5.74. The van der Waals surface area contributed by atoms with E-state index in [4.69, 9.17) is 4.74 Å². The minimum absolute atomic E-state index is 0.0162. The Morgan fingerprint density at radius 1 is 0.717 bits per heavy atom. The third kappa shape index (κ3) is 17.7. The van der Waals surface area contributed by atoms with E-state index in [0.717, 1.165) is 12.8 Å². The second-order valence-corrected chi connectivity index (χ2v) is 12.4. The number of cyclic esters (lactones) is 1. The van der Waals surface area contributed by atoms with E-state index >= 15 is 0 Å². The zero-order valence-corrected chi connectivity index (χ0v) is 27.5. The van der Waals surface area contributed by atoms with Crippen LogP contribution in [0.4, 0.5) is 0 Å². The van der Waals surface area contributed by atoms with Crippen LogP contribution in [-0.4, -0.2) is 113 Å². The molecule has 1 aliphatic rings. The lowest BCUT2D eigenvalue weighted by Crippen LogP contribution is -2.43. The molecular weight excluding hydrogens is 596 g/mol. The van der Waals surface area contributed by atoms with Gasteiger partial charge in [0, 0.05) is 12.8 Å². The Bertz CT molecular complexity index is 991. The van der Waals surface area contributed by atoms with E-state index in [0.29, 0.717) is 12.0 Å². The minimum atomic E-state index is -1.52. The van der Waals surface area contributed by atoms with Gasteiger partial charge in [-0.25, -0.2) is 0 Å². The van der Waals surface area contributed by atoms with Gasteiger partial charge in [0.1, 0.15) is 18.1 Å². The zero-order chi connectivity index (χ0) is 34.6. The summed E-state index contributed by atoms with van der Waals surface area (Å²) < 4.78 is 5.42. The summed E-state index contributed by atoms with van der Waals surface area (Å²) in [4.78, 5) is 13.1. The Hall–Kier alpha value is -2.19. The van der Waals surface area contributed by atoms with Crippen LogP contribution in [0.25, 0.3) is 0 Å². The molecule has 1 heterocycles. The lowest BCUT2D eigenvalue weighted by molar-refractivity contribution is -0.168. The highest BCUT2D eigenvalue weighted by atomic mass is 16.6. The first-order valence-corrected chi connectivity index (χ1v) is 16.4. The molecule has 0 unspecified atom stereocenters. The minimum Gasteiger partial charge on any atom is -0.459 e. The number of ether oxygens (including phenoxy) is 1. The molecule has 0 radical (unpaired) electrons. The van der Waals surface area contributed by atoms with Crippen LogP contribution in [0, 0.1) is 5.92 Å². The Morgan fingerprint density at radius 3 is 1.74 bits per heavy atom. The largest absolute Gasteiger partial charge is 0.459 e. The summed E-state index contributed by atoms with van der Waals surface area (Å²) in [6.07, 6.45) is 4.69. The quantitative estimate of drug-likeness (QED) is 0.154. The molecule has 0 bridgehead atoms. The molecule has 0 saturated heterocycles. The van der Waals surface area contributed by atoms with Crippen molar-refractivity contribution in [3.05, 3.63) is 60.3 Å². The molecular formula is C35H58O11. The standard InChI is InChI=1S/C35H58O11/c1-4-5-11-16-31(42)34-33(44)22-29(40)20-27(38)18-25(36)17-26(37)19-28(39)21-32(43)23(2)14-12-9-7-6-8-10-13-15-30(41)24(3)46-35(34)45/h6-10,12-15,24-34,36-44H,4-5,11,16-22H2,1-3H3/b7-6+,10-8+,12-9+,15-13+,23-14+/t24-,25+,26-,27+,28+,29-,30+,31+,32+,33+,34-/m1/s1. The van der Waals surface area contributed by atoms with Crippen molar-refractivity contribution in [1.82, 2.24) is 0 Å². The maximum Gasteiger partial charge on any atom is 0.314 e. The summed E-state index contributed by atoms with van der Waals surface area (Å²) in [5.74, 6) is -2.33. The van der Waals surface area contributed by atoms with Crippen LogP contribution in [0.2, 0.25) is 0 Å². The molecule has 0 fully saturated rings. The van der Waals surface area contributed by atoms with E-state index in [1.54, 1.807) is 55.5 Å². The van der Waals surface area contributed by atoms with Gasteiger partial charge in [-0.1, -0.05) is 80.9 Å².